The highest BCUT2D eigenvalue weighted by atomic mass is 16.5. The first-order valence-electron chi connectivity index (χ1n) is 6.87. The summed E-state index contributed by atoms with van der Waals surface area (Å²) in [5, 5.41) is 3.25. The highest BCUT2D eigenvalue weighted by Crippen LogP contribution is 2.11. The summed E-state index contributed by atoms with van der Waals surface area (Å²) in [6.07, 6.45) is 4.49. The first kappa shape index (κ1) is 15.1. The van der Waals surface area contributed by atoms with E-state index in [0.29, 0.717) is 24.9 Å². The summed E-state index contributed by atoms with van der Waals surface area (Å²) in [4.78, 5) is 12.7. The second-order valence-electron chi connectivity index (χ2n) is 4.37. The van der Waals surface area contributed by atoms with Gasteiger partial charge in [-0.2, -0.15) is 0 Å². The van der Waals surface area contributed by atoms with Crippen LogP contribution in [0.25, 0.3) is 0 Å². The number of nitrogen functional groups attached to an aromatic ring is 1. The van der Waals surface area contributed by atoms with Gasteiger partial charge >= 0.3 is 0 Å². The molecule has 0 saturated carbocycles. The Labute approximate surface area is 123 Å². The van der Waals surface area contributed by atoms with E-state index in [4.69, 9.17) is 10.6 Å². The van der Waals surface area contributed by atoms with Crippen molar-refractivity contribution in [3.63, 3.8) is 0 Å². The van der Waals surface area contributed by atoms with E-state index < -0.39 is 0 Å². The molecule has 0 atom stereocenters. The molecule has 0 radical (unpaired) electrons. The maximum Gasteiger partial charge on any atom is 0.158 e. The van der Waals surface area contributed by atoms with Gasteiger partial charge in [-0.3, -0.25) is 4.98 Å². The van der Waals surface area contributed by atoms with Crippen molar-refractivity contribution in [3.8, 4) is 0 Å². The topological polar surface area (TPSA) is 98.0 Å². The standard InChI is InChI=1S/C14H20N6O/c1-2-21-10-14-18-12(8-13(19-14)20-15)17-7-5-11-4-3-6-16-9-11/h3-4,6,8-9H,2,5,7,10,15H2,1H3,(H2,17,18,19,20). The number of nitrogens with two attached hydrogens (primary N) is 1. The lowest BCUT2D eigenvalue weighted by atomic mass is 10.2. The Morgan fingerprint density at radius 3 is 2.86 bits per heavy atom. The van der Waals surface area contributed by atoms with Crippen LogP contribution in [0.5, 0.6) is 0 Å². The second-order valence-corrected chi connectivity index (χ2v) is 4.37. The van der Waals surface area contributed by atoms with E-state index in [9.17, 15) is 0 Å². The molecule has 2 aromatic rings. The lowest BCUT2D eigenvalue weighted by molar-refractivity contribution is 0.128. The number of hydrogen-bond donors (Lipinski definition) is 3. The molecule has 2 rings (SSSR count). The number of rotatable bonds is 8. The molecule has 2 heterocycles. The highest BCUT2D eigenvalue weighted by Gasteiger charge is 2.04. The SMILES string of the molecule is CCOCc1nc(NN)cc(NCCc2cccnc2)n1. The van der Waals surface area contributed by atoms with Crippen molar-refractivity contribution in [2.75, 3.05) is 23.9 Å². The summed E-state index contributed by atoms with van der Waals surface area (Å²) < 4.78 is 5.32. The summed E-state index contributed by atoms with van der Waals surface area (Å²) in [5.41, 5.74) is 3.71. The predicted molar refractivity (Wildman–Crippen MR) is 81.6 cm³/mol. The largest absolute Gasteiger partial charge is 0.374 e. The minimum absolute atomic E-state index is 0.364. The van der Waals surface area contributed by atoms with Crippen LogP contribution < -0.4 is 16.6 Å². The van der Waals surface area contributed by atoms with Gasteiger partial charge in [0, 0.05) is 31.6 Å². The van der Waals surface area contributed by atoms with Gasteiger partial charge in [-0.05, 0) is 25.0 Å². The van der Waals surface area contributed by atoms with E-state index in [0.717, 1.165) is 18.8 Å². The molecule has 0 aliphatic rings. The molecule has 0 bridgehead atoms. The number of ether oxygens (including phenoxy) is 1. The number of aromatic nitrogens is 3. The fourth-order valence-corrected chi connectivity index (χ4v) is 1.80. The van der Waals surface area contributed by atoms with E-state index in [1.54, 1.807) is 12.3 Å². The van der Waals surface area contributed by atoms with Gasteiger partial charge in [0.1, 0.15) is 18.2 Å². The van der Waals surface area contributed by atoms with Gasteiger partial charge in [0.05, 0.1) is 0 Å². The molecule has 7 nitrogen and oxygen atoms in total. The Hall–Kier alpha value is -2.25. The molecule has 112 valence electrons. The number of nitrogens with one attached hydrogen (secondary N) is 2. The monoisotopic (exact) mass is 288 g/mol. The zero-order valence-electron chi connectivity index (χ0n) is 12.0. The summed E-state index contributed by atoms with van der Waals surface area (Å²) in [6, 6.07) is 5.73. The minimum atomic E-state index is 0.364. The Balaban J connectivity index is 1.95. The lowest BCUT2D eigenvalue weighted by Gasteiger charge is -2.09. The second kappa shape index (κ2) is 8.13. The van der Waals surface area contributed by atoms with E-state index in [1.165, 1.54) is 5.56 Å². The molecule has 0 aliphatic heterocycles. The van der Waals surface area contributed by atoms with Gasteiger partial charge in [-0.15, -0.1) is 0 Å². The fraction of sp³-hybridized carbons (Fsp3) is 0.357. The van der Waals surface area contributed by atoms with Gasteiger partial charge < -0.3 is 15.5 Å². The number of hydrogen-bond acceptors (Lipinski definition) is 7. The van der Waals surface area contributed by atoms with E-state index in [1.807, 2.05) is 25.3 Å². The van der Waals surface area contributed by atoms with Gasteiger partial charge in [-0.1, -0.05) is 6.07 Å². The first-order chi connectivity index (χ1) is 10.3. The van der Waals surface area contributed by atoms with Crippen LogP contribution in [0.15, 0.2) is 30.6 Å². The van der Waals surface area contributed by atoms with Crippen LogP contribution in [0.2, 0.25) is 0 Å². The van der Waals surface area contributed by atoms with Crippen molar-refractivity contribution in [1.29, 1.82) is 0 Å². The Kier molecular flexibility index (Phi) is 5.86. The maximum atomic E-state index is 5.42. The molecule has 21 heavy (non-hydrogen) atoms. The summed E-state index contributed by atoms with van der Waals surface area (Å²) in [5.74, 6) is 7.29. The van der Waals surface area contributed by atoms with Crippen LogP contribution in [0, 0.1) is 0 Å². The van der Waals surface area contributed by atoms with Gasteiger partial charge in [-0.25, -0.2) is 15.8 Å². The number of anilines is 2. The third-order valence-corrected chi connectivity index (χ3v) is 2.80. The molecule has 0 fully saturated rings. The molecule has 2 aromatic heterocycles. The van der Waals surface area contributed by atoms with Gasteiger partial charge in [0.25, 0.3) is 0 Å². The average Bonchev–Trinajstić information content (AvgIpc) is 2.53. The van der Waals surface area contributed by atoms with Crippen LogP contribution >= 0.6 is 0 Å². The Morgan fingerprint density at radius 2 is 2.14 bits per heavy atom. The van der Waals surface area contributed by atoms with Crippen LogP contribution in [-0.4, -0.2) is 28.1 Å². The Morgan fingerprint density at radius 1 is 1.29 bits per heavy atom. The quantitative estimate of drug-likeness (QED) is 0.498. The summed E-state index contributed by atoms with van der Waals surface area (Å²) in [6.45, 7) is 3.66. The molecule has 0 aliphatic carbocycles. The smallest absolute Gasteiger partial charge is 0.158 e. The normalized spacial score (nSPS) is 10.4. The van der Waals surface area contributed by atoms with Crippen molar-refractivity contribution >= 4 is 11.6 Å². The van der Waals surface area contributed by atoms with E-state index >= 15 is 0 Å². The van der Waals surface area contributed by atoms with Gasteiger partial charge in [0.2, 0.25) is 0 Å². The third-order valence-electron chi connectivity index (χ3n) is 2.80. The average molecular weight is 288 g/mol. The van der Waals surface area contributed by atoms with Crippen LogP contribution in [0.1, 0.15) is 18.3 Å². The Bertz CT molecular complexity index is 548. The zero-order chi connectivity index (χ0) is 14.9. The van der Waals surface area contributed by atoms with Crippen LogP contribution in [0.4, 0.5) is 11.6 Å². The molecule has 0 amide bonds. The molecule has 7 heteroatoms. The minimum Gasteiger partial charge on any atom is -0.374 e. The van der Waals surface area contributed by atoms with Crippen molar-refractivity contribution in [2.45, 2.75) is 20.0 Å². The first-order valence-corrected chi connectivity index (χ1v) is 6.87. The molecule has 4 N–H and O–H groups in total. The molecule has 0 spiro atoms. The van der Waals surface area contributed by atoms with Crippen molar-refractivity contribution in [1.82, 2.24) is 15.0 Å². The molecule has 0 saturated heterocycles. The summed E-state index contributed by atoms with van der Waals surface area (Å²) >= 11 is 0. The molecule has 0 unspecified atom stereocenters. The molecule has 0 aromatic carbocycles. The fourth-order valence-electron chi connectivity index (χ4n) is 1.80. The van der Waals surface area contributed by atoms with Gasteiger partial charge in [0.15, 0.2) is 5.82 Å². The molecular formula is C14H20N6O. The van der Waals surface area contributed by atoms with Crippen molar-refractivity contribution in [3.05, 3.63) is 42.0 Å². The molecular weight excluding hydrogens is 268 g/mol. The van der Waals surface area contributed by atoms with E-state index in [2.05, 4.69) is 25.7 Å². The highest BCUT2D eigenvalue weighted by molar-refractivity contribution is 5.46. The van der Waals surface area contributed by atoms with E-state index in [-0.39, 0.29) is 0 Å². The van der Waals surface area contributed by atoms with Crippen LogP contribution in [0.3, 0.4) is 0 Å². The van der Waals surface area contributed by atoms with Crippen molar-refractivity contribution in [2.24, 2.45) is 5.84 Å². The van der Waals surface area contributed by atoms with Crippen LogP contribution in [-0.2, 0) is 17.8 Å². The van der Waals surface area contributed by atoms with Crippen molar-refractivity contribution < 1.29 is 4.74 Å². The number of hydrazine groups is 1. The number of pyridine rings is 1. The lowest BCUT2D eigenvalue weighted by Crippen LogP contribution is -2.14. The zero-order valence-corrected chi connectivity index (χ0v) is 12.0. The summed E-state index contributed by atoms with van der Waals surface area (Å²) in [7, 11) is 0. The third kappa shape index (κ3) is 4.97. The maximum absolute atomic E-state index is 5.42. The number of nitrogens with zero attached hydrogens (tertiary/aromatic N) is 3. The predicted octanol–water partition coefficient (Wildman–Crippen LogP) is 1.35.